The van der Waals surface area contributed by atoms with E-state index in [2.05, 4.69) is 15.3 Å². The zero-order valence-corrected chi connectivity index (χ0v) is 17.3. The van der Waals surface area contributed by atoms with Crippen molar-refractivity contribution >= 4 is 55.5 Å². The first-order valence-electron chi connectivity index (χ1n) is 8.54. The van der Waals surface area contributed by atoms with E-state index in [1.807, 2.05) is 42.6 Å². The lowest BCUT2D eigenvalue weighted by Gasteiger charge is -2.03. The number of anilines is 1. The Morgan fingerprint density at radius 3 is 2.79 bits per heavy atom. The summed E-state index contributed by atoms with van der Waals surface area (Å²) >= 11 is 8.80. The molecule has 0 atom stereocenters. The molecule has 8 heteroatoms. The van der Waals surface area contributed by atoms with Crippen LogP contribution in [-0.2, 0) is 17.8 Å². The highest BCUT2D eigenvalue weighted by molar-refractivity contribution is 7.22. The molecule has 0 aliphatic rings. The Bertz CT molecular complexity index is 1120. The van der Waals surface area contributed by atoms with Crippen LogP contribution in [0.5, 0.6) is 5.75 Å². The molecule has 4 aromatic rings. The van der Waals surface area contributed by atoms with Gasteiger partial charge in [0.2, 0.25) is 5.91 Å². The maximum absolute atomic E-state index is 12.3. The number of fused-ring (bicyclic) bond motifs is 1. The van der Waals surface area contributed by atoms with Crippen LogP contribution >= 0.6 is 34.3 Å². The number of amides is 1. The van der Waals surface area contributed by atoms with Crippen molar-refractivity contribution in [3.8, 4) is 5.75 Å². The summed E-state index contributed by atoms with van der Waals surface area (Å²) < 4.78 is 6.75. The van der Waals surface area contributed by atoms with E-state index in [0.717, 1.165) is 32.2 Å². The van der Waals surface area contributed by atoms with E-state index < -0.39 is 0 Å². The number of thiazole rings is 2. The molecule has 0 unspecified atom stereocenters. The molecule has 0 aliphatic carbocycles. The molecule has 0 bridgehead atoms. The van der Waals surface area contributed by atoms with Crippen molar-refractivity contribution in [2.24, 2.45) is 0 Å². The van der Waals surface area contributed by atoms with E-state index in [4.69, 9.17) is 16.3 Å². The normalized spacial score (nSPS) is 10.9. The third-order valence-corrected chi connectivity index (χ3v) is 6.04. The maximum Gasteiger partial charge on any atom is 0.232 e. The van der Waals surface area contributed by atoms with Crippen LogP contribution in [0.2, 0.25) is 5.02 Å². The van der Waals surface area contributed by atoms with Crippen molar-refractivity contribution in [3.05, 3.63) is 69.1 Å². The number of halogens is 1. The SMILES string of the molecule is Cc1cccc2sc(NC(=O)Cc3csc(COc4ccc(Cl)cc4)n3)nc12. The number of aryl methyl sites for hydroxylation is 1. The zero-order valence-electron chi connectivity index (χ0n) is 14.9. The molecule has 4 rings (SSSR count). The summed E-state index contributed by atoms with van der Waals surface area (Å²) in [6, 6.07) is 13.2. The van der Waals surface area contributed by atoms with Crippen molar-refractivity contribution in [3.63, 3.8) is 0 Å². The van der Waals surface area contributed by atoms with Gasteiger partial charge in [0, 0.05) is 10.4 Å². The number of aromatic nitrogens is 2. The number of ether oxygens (including phenoxy) is 1. The van der Waals surface area contributed by atoms with Crippen LogP contribution in [0.1, 0.15) is 16.3 Å². The smallest absolute Gasteiger partial charge is 0.232 e. The molecule has 2 aromatic carbocycles. The molecule has 0 radical (unpaired) electrons. The topological polar surface area (TPSA) is 64.1 Å². The number of nitrogens with zero attached hydrogens (tertiary/aromatic N) is 2. The lowest BCUT2D eigenvalue weighted by Crippen LogP contribution is -2.14. The first-order chi connectivity index (χ1) is 13.6. The Morgan fingerprint density at radius 1 is 1.18 bits per heavy atom. The highest BCUT2D eigenvalue weighted by Crippen LogP contribution is 2.28. The Balaban J connectivity index is 1.34. The van der Waals surface area contributed by atoms with Crippen molar-refractivity contribution in [2.75, 3.05) is 5.32 Å². The van der Waals surface area contributed by atoms with Crippen molar-refractivity contribution in [1.82, 2.24) is 9.97 Å². The second-order valence-electron chi connectivity index (χ2n) is 6.14. The molecule has 142 valence electrons. The minimum atomic E-state index is -0.132. The minimum absolute atomic E-state index is 0.132. The van der Waals surface area contributed by atoms with Crippen LogP contribution in [0, 0.1) is 6.92 Å². The monoisotopic (exact) mass is 429 g/mol. The van der Waals surface area contributed by atoms with Crippen LogP contribution in [0.15, 0.2) is 47.8 Å². The van der Waals surface area contributed by atoms with E-state index in [9.17, 15) is 4.79 Å². The van der Waals surface area contributed by atoms with Crippen molar-refractivity contribution in [1.29, 1.82) is 0 Å². The van der Waals surface area contributed by atoms with Crippen LogP contribution in [0.4, 0.5) is 5.13 Å². The van der Waals surface area contributed by atoms with E-state index >= 15 is 0 Å². The fraction of sp³-hybridized carbons (Fsp3) is 0.150. The van der Waals surface area contributed by atoms with Crippen molar-refractivity contribution in [2.45, 2.75) is 20.0 Å². The van der Waals surface area contributed by atoms with Gasteiger partial charge in [-0.25, -0.2) is 9.97 Å². The Morgan fingerprint density at radius 2 is 2.00 bits per heavy atom. The standard InChI is InChI=1S/C20H16ClN3O2S2/c1-12-3-2-4-16-19(12)24-20(28-16)23-17(25)9-14-11-27-18(22-14)10-26-15-7-5-13(21)6-8-15/h2-8,11H,9-10H2,1H3,(H,23,24,25). The molecule has 0 spiro atoms. The Kier molecular flexibility index (Phi) is 5.57. The number of benzene rings is 2. The van der Waals surface area contributed by atoms with Gasteiger partial charge in [-0.1, -0.05) is 35.1 Å². The molecule has 0 saturated heterocycles. The largest absolute Gasteiger partial charge is 0.486 e. The number of carbonyl (C=O) groups excluding carboxylic acids is 1. The average Bonchev–Trinajstić information content (AvgIpc) is 3.28. The molecule has 28 heavy (non-hydrogen) atoms. The van der Waals surface area contributed by atoms with Crippen molar-refractivity contribution < 1.29 is 9.53 Å². The average molecular weight is 430 g/mol. The summed E-state index contributed by atoms with van der Waals surface area (Å²) in [7, 11) is 0. The van der Waals surface area contributed by atoms with Gasteiger partial charge in [0.1, 0.15) is 17.4 Å². The highest BCUT2D eigenvalue weighted by atomic mass is 35.5. The molecule has 2 heterocycles. The van der Waals surface area contributed by atoms with Gasteiger partial charge in [-0.2, -0.15) is 0 Å². The van der Waals surface area contributed by atoms with Crippen LogP contribution in [-0.4, -0.2) is 15.9 Å². The number of hydrogen-bond donors (Lipinski definition) is 1. The first kappa shape index (κ1) is 18.9. The van der Waals surface area contributed by atoms with Gasteiger partial charge in [0.05, 0.1) is 22.3 Å². The van der Waals surface area contributed by atoms with E-state index in [1.165, 1.54) is 22.7 Å². The van der Waals surface area contributed by atoms with Gasteiger partial charge in [-0.3, -0.25) is 4.79 Å². The summed E-state index contributed by atoms with van der Waals surface area (Å²) in [4.78, 5) is 21.3. The third kappa shape index (κ3) is 4.49. The number of hydrogen-bond acceptors (Lipinski definition) is 6. The predicted octanol–water partition coefficient (Wildman–Crippen LogP) is 5.47. The number of rotatable bonds is 6. The number of nitrogens with one attached hydrogen (secondary N) is 1. The fourth-order valence-electron chi connectivity index (χ4n) is 2.64. The van der Waals surface area contributed by atoms with Crippen LogP contribution in [0.3, 0.4) is 0 Å². The zero-order chi connectivity index (χ0) is 19.5. The molecular weight excluding hydrogens is 414 g/mol. The van der Waals surface area contributed by atoms with E-state index in [1.54, 1.807) is 12.1 Å². The summed E-state index contributed by atoms with van der Waals surface area (Å²) in [6.07, 6.45) is 0.201. The summed E-state index contributed by atoms with van der Waals surface area (Å²) in [5.74, 6) is 0.595. The molecular formula is C20H16ClN3O2S2. The van der Waals surface area contributed by atoms with E-state index in [0.29, 0.717) is 16.8 Å². The second kappa shape index (κ2) is 8.26. The molecule has 5 nitrogen and oxygen atoms in total. The summed E-state index contributed by atoms with van der Waals surface area (Å²) in [5.41, 5.74) is 2.74. The second-order valence-corrected chi connectivity index (χ2v) is 8.55. The predicted molar refractivity (Wildman–Crippen MR) is 115 cm³/mol. The molecule has 1 amide bonds. The summed E-state index contributed by atoms with van der Waals surface area (Å²) in [5, 5.41) is 6.83. The molecule has 0 aliphatic heterocycles. The first-order valence-corrected chi connectivity index (χ1v) is 10.6. The Hall–Kier alpha value is -2.48. The quantitative estimate of drug-likeness (QED) is 0.441. The number of carbonyl (C=O) groups is 1. The summed E-state index contributed by atoms with van der Waals surface area (Å²) in [6.45, 7) is 2.36. The molecule has 2 aromatic heterocycles. The van der Waals surface area contributed by atoms with E-state index in [-0.39, 0.29) is 12.3 Å². The van der Waals surface area contributed by atoms with Gasteiger partial charge in [0.15, 0.2) is 5.13 Å². The van der Waals surface area contributed by atoms with Gasteiger partial charge in [0.25, 0.3) is 0 Å². The molecule has 1 N–H and O–H groups in total. The fourth-order valence-corrected chi connectivity index (χ4v) is 4.43. The lowest BCUT2D eigenvalue weighted by atomic mass is 10.2. The maximum atomic E-state index is 12.3. The van der Waals surface area contributed by atoms with Crippen LogP contribution in [0.25, 0.3) is 10.2 Å². The van der Waals surface area contributed by atoms with Gasteiger partial charge in [-0.05, 0) is 42.8 Å². The third-order valence-electron chi connectivity index (χ3n) is 3.98. The molecule has 0 saturated carbocycles. The highest BCUT2D eigenvalue weighted by Gasteiger charge is 2.12. The minimum Gasteiger partial charge on any atom is -0.486 e. The van der Waals surface area contributed by atoms with Crippen LogP contribution < -0.4 is 10.1 Å². The Labute approximate surface area is 175 Å². The molecule has 0 fully saturated rings. The number of para-hydroxylation sites is 1. The van der Waals surface area contributed by atoms with Gasteiger partial charge < -0.3 is 10.1 Å². The van der Waals surface area contributed by atoms with Gasteiger partial charge in [-0.15, -0.1) is 11.3 Å². The lowest BCUT2D eigenvalue weighted by molar-refractivity contribution is -0.115. The van der Waals surface area contributed by atoms with Gasteiger partial charge >= 0.3 is 0 Å².